The number of hydrogen-bond donors (Lipinski definition) is 1. The summed E-state index contributed by atoms with van der Waals surface area (Å²) in [7, 11) is 0. The molecule has 3 aromatic rings. The second kappa shape index (κ2) is 10.1. The predicted octanol–water partition coefficient (Wildman–Crippen LogP) is 6.54. The van der Waals surface area contributed by atoms with Crippen molar-refractivity contribution in [2.75, 3.05) is 5.32 Å². The van der Waals surface area contributed by atoms with Crippen molar-refractivity contribution in [3.63, 3.8) is 0 Å². The number of carbonyl (C=O) groups excluding carboxylic acids is 1. The minimum atomic E-state index is -0.460. The van der Waals surface area contributed by atoms with Crippen molar-refractivity contribution in [2.45, 2.75) is 13.5 Å². The van der Waals surface area contributed by atoms with Crippen LogP contribution in [-0.4, -0.2) is 5.91 Å². The standard InChI is InChI=1S/C24H18BrClN2O2/c1-16-5-4-7-20(11-16)28-24(29)19(14-27)12-17-9-10-23(21(25)13-17)30-15-18-6-2-3-8-22(18)26/h2-13H,15H2,1H3,(H,28,29)/b19-12-. The van der Waals surface area contributed by atoms with Gasteiger partial charge in [-0.25, -0.2) is 0 Å². The monoisotopic (exact) mass is 480 g/mol. The van der Waals surface area contributed by atoms with Gasteiger partial charge in [-0.2, -0.15) is 5.26 Å². The number of ether oxygens (including phenoxy) is 1. The fourth-order valence-corrected chi connectivity index (χ4v) is 3.43. The third-order valence-electron chi connectivity index (χ3n) is 4.25. The van der Waals surface area contributed by atoms with Crippen molar-refractivity contribution in [2.24, 2.45) is 0 Å². The molecule has 0 unspecified atom stereocenters. The van der Waals surface area contributed by atoms with E-state index in [1.807, 2.05) is 55.5 Å². The number of benzene rings is 3. The molecule has 0 saturated carbocycles. The molecule has 3 rings (SSSR count). The Kier molecular flexibility index (Phi) is 7.29. The fourth-order valence-electron chi connectivity index (χ4n) is 2.73. The van der Waals surface area contributed by atoms with E-state index in [0.717, 1.165) is 11.1 Å². The molecule has 0 saturated heterocycles. The highest BCUT2D eigenvalue weighted by molar-refractivity contribution is 9.10. The van der Waals surface area contributed by atoms with E-state index < -0.39 is 5.91 Å². The fraction of sp³-hybridized carbons (Fsp3) is 0.0833. The number of hydrogen-bond acceptors (Lipinski definition) is 3. The number of nitrogens with zero attached hydrogens (tertiary/aromatic N) is 1. The van der Waals surface area contributed by atoms with Gasteiger partial charge in [0.15, 0.2) is 0 Å². The number of amides is 1. The SMILES string of the molecule is Cc1cccc(NC(=O)/C(C#N)=C\c2ccc(OCc3ccccc3Cl)c(Br)c2)c1. The summed E-state index contributed by atoms with van der Waals surface area (Å²) in [6.07, 6.45) is 1.54. The molecule has 1 amide bonds. The molecule has 0 aliphatic rings. The molecule has 1 N–H and O–H groups in total. The summed E-state index contributed by atoms with van der Waals surface area (Å²) in [5.41, 5.74) is 3.25. The van der Waals surface area contributed by atoms with Gasteiger partial charge in [-0.3, -0.25) is 4.79 Å². The Hall–Kier alpha value is -3.07. The molecule has 0 radical (unpaired) electrons. The molecule has 0 aliphatic carbocycles. The Balaban J connectivity index is 1.72. The number of aryl methyl sites for hydroxylation is 1. The molecule has 0 fully saturated rings. The first-order valence-electron chi connectivity index (χ1n) is 9.12. The van der Waals surface area contributed by atoms with Crippen molar-refractivity contribution in [1.29, 1.82) is 5.26 Å². The second-order valence-corrected chi connectivity index (χ2v) is 7.82. The number of nitriles is 1. The summed E-state index contributed by atoms with van der Waals surface area (Å²) in [6, 6.07) is 22.2. The zero-order valence-electron chi connectivity index (χ0n) is 16.2. The second-order valence-electron chi connectivity index (χ2n) is 6.56. The first-order chi connectivity index (χ1) is 14.5. The maximum Gasteiger partial charge on any atom is 0.266 e. The van der Waals surface area contributed by atoms with E-state index in [2.05, 4.69) is 21.2 Å². The third kappa shape index (κ3) is 5.73. The zero-order chi connectivity index (χ0) is 21.5. The molecule has 6 heteroatoms. The summed E-state index contributed by atoms with van der Waals surface area (Å²) in [4.78, 5) is 12.5. The molecule has 3 aromatic carbocycles. The Morgan fingerprint density at radius 1 is 1.17 bits per heavy atom. The predicted molar refractivity (Wildman–Crippen MR) is 123 cm³/mol. The lowest BCUT2D eigenvalue weighted by atomic mass is 10.1. The lowest BCUT2D eigenvalue weighted by Crippen LogP contribution is -2.13. The van der Waals surface area contributed by atoms with Crippen molar-refractivity contribution < 1.29 is 9.53 Å². The Morgan fingerprint density at radius 2 is 1.97 bits per heavy atom. The topological polar surface area (TPSA) is 62.1 Å². The van der Waals surface area contributed by atoms with E-state index in [1.54, 1.807) is 24.3 Å². The van der Waals surface area contributed by atoms with Gasteiger partial charge < -0.3 is 10.1 Å². The van der Waals surface area contributed by atoms with Gasteiger partial charge in [-0.15, -0.1) is 0 Å². The van der Waals surface area contributed by atoms with E-state index in [0.29, 0.717) is 33.1 Å². The van der Waals surface area contributed by atoms with Gasteiger partial charge in [-0.1, -0.05) is 48.0 Å². The smallest absolute Gasteiger partial charge is 0.266 e. The lowest BCUT2D eigenvalue weighted by Gasteiger charge is -2.10. The van der Waals surface area contributed by atoms with Gasteiger partial charge in [0.1, 0.15) is 24.0 Å². The summed E-state index contributed by atoms with van der Waals surface area (Å²) >= 11 is 9.64. The van der Waals surface area contributed by atoms with Crippen LogP contribution in [0.1, 0.15) is 16.7 Å². The molecule has 0 aliphatic heterocycles. The maximum absolute atomic E-state index is 12.5. The van der Waals surface area contributed by atoms with Crippen LogP contribution < -0.4 is 10.1 Å². The first kappa shape index (κ1) is 21.6. The van der Waals surface area contributed by atoms with E-state index in [-0.39, 0.29) is 5.57 Å². The van der Waals surface area contributed by atoms with Gasteiger partial charge in [0.05, 0.1) is 4.47 Å². The third-order valence-corrected chi connectivity index (χ3v) is 5.24. The molecule has 4 nitrogen and oxygen atoms in total. The van der Waals surface area contributed by atoms with Crippen molar-refractivity contribution in [3.8, 4) is 11.8 Å². The van der Waals surface area contributed by atoms with Crippen molar-refractivity contribution in [3.05, 3.63) is 98.5 Å². The summed E-state index contributed by atoms with van der Waals surface area (Å²) in [5.74, 6) is 0.174. The lowest BCUT2D eigenvalue weighted by molar-refractivity contribution is -0.112. The average molecular weight is 482 g/mol. The summed E-state index contributed by atoms with van der Waals surface area (Å²) in [5, 5.41) is 12.8. The van der Waals surface area contributed by atoms with Crippen LogP contribution in [0.15, 0.2) is 76.8 Å². The Labute approximate surface area is 188 Å². The highest BCUT2D eigenvalue weighted by atomic mass is 79.9. The molecular formula is C24H18BrClN2O2. The van der Waals surface area contributed by atoms with Crippen LogP contribution in [0.2, 0.25) is 5.02 Å². The van der Waals surface area contributed by atoms with Crippen LogP contribution in [0, 0.1) is 18.3 Å². The Bertz CT molecular complexity index is 1150. The minimum Gasteiger partial charge on any atom is -0.488 e. The minimum absolute atomic E-state index is 0.00754. The Morgan fingerprint density at radius 3 is 2.67 bits per heavy atom. The summed E-state index contributed by atoms with van der Waals surface area (Å²) < 4.78 is 6.54. The quantitative estimate of drug-likeness (QED) is 0.321. The zero-order valence-corrected chi connectivity index (χ0v) is 18.5. The number of carbonyl (C=O) groups is 1. The van der Waals surface area contributed by atoms with Crippen LogP contribution in [0.5, 0.6) is 5.75 Å². The molecule has 0 aromatic heterocycles. The van der Waals surface area contributed by atoms with E-state index in [4.69, 9.17) is 16.3 Å². The molecule has 150 valence electrons. The average Bonchev–Trinajstić information content (AvgIpc) is 2.72. The largest absolute Gasteiger partial charge is 0.488 e. The van der Waals surface area contributed by atoms with Crippen LogP contribution >= 0.6 is 27.5 Å². The molecule has 0 heterocycles. The molecule has 0 bridgehead atoms. The van der Waals surface area contributed by atoms with Gasteiger partial charge in [-0.05, 0) is 70.4 Å². The highest BCUT2D eigenvalue weighted by Gasteiger charge is 2.11. The van der Waals surface area contributed by atoms with Crippen LogP contribution in [0.4, 0.5) is 5.69 Å². The summed E-state index contributed by atoms with van der Waals surface area (Å²) in [6.45, 7) is 2.26. The van der Waals surface area contributed by atoms with Crippen LogP contribution in [0.25, 0.3) is 6.08 Å². The number of halogens is 2. The van der Waals surface area contributed by atoms with Crippen molar-refractivity contribution >= 4 is 45.2 Å². The highest BCUT2D eigenvalue weighted by Crippen LogP contribution is 2.28. The van der Waals surface area contributed by atoms with E-state index in [9.17, 15) is 10.1 Å². The van der Waals surface area contributed by atoms with Gasteiger partial charge in [0.2, 0.25) is 0 Å². The van der Waals surface area contributed by atoms with Crippen LogP contribution in [-0.2, 0) is 11.4 Å². The van der Waals surface area contributed by atoms with Crippen LogP contribution in [0.3, 0.4) is 0 Å². The van der Waals surface area contributed by atoms with E-state index >= 15 is 0 Å². The van der Waals surface area contributed by atoms with Gasteiger partial charge in [0, 0.05) is 16.3 Å². The molecular weight excluding hydrogens is 464 g/mol. The van der Waals surface area contributed by atoms with E-state index in [1.165, 1.54) is 6.08 Å². The first-order valence-corrected chi connectivity index (χ1v) is 10.3. The normalized spacial score (nSPS) is 10.9. The number of nitrogens with one attached hydrogen (secondary N) is 1. The molecule has 0 atom stereocenters. The molecule has 0 spiro atoms. The maximum atomic E-state index is 12.5. The number of rotatable bonds is 6. The van der Waals surface area contributed by atoms with Gasteiger partial charge in [0.25, 0.3) is 5.91 Å². The van der Waals surface area contributed by atoms with Crippen molar-refractivity contribution in [1.82, 2.24) is 0 Å². The van der Waals surface area contributed by atoms with Gasteiger partial charge >= 0.3 is 0 Å². The number of anilines is 1. The molecule has 30 heavy (non-hydrogen) atoms.